The molecule has 5 rings (SSSR count). The van der Waals surface area contributed by atoms with Crippen LogP contribution >= 0.6 is 0 Å². The molecule has 4 aromatic rings. The van der Waals surface area contributed by atoms with E-state index in [9.17, 15) is 13.6 Å². The van der Waals surface area contributed by atoms with Crippen molar-refractivity contribution in [2.45, 2.75) is 6.54 Å². The molecule has 1 aliphatic heterocycles. The van der Waals surface area contributed by atoms with E-state index in [-0.39, 0.29) is 18.0 Å². The molecule has 0 radical (unpaired) electrons. The summed E-state index contributed by atoms with van der Waals surface area (Å²) >= 11 is 0. The van der Waals surface area contributed by atoms with Gasteiger partial charge in [-0.1, -0.05) is 6.07 Å². The number of halogens is 2. The molecule has 1 saturated heterocycles. The van der Waals surface area contributed by atoms with Crippen molar-refractivity contribution in [3.8, 4) is 0 Å². The molecular weight excluding hydrogens is 430 g/mol. The summed E-state index contributed by atoms with van der Waals surface area (Å²) in [5.41, 5.74) is 8.11. The Morgan fingerprint density at radius 2 is 1.94 bits per heavy atom. The fraction of sp³-hybridized carbons (Fsp3) is 0.261. The molecule has 0 bridgehead atoms. The zero-order chi connectivity index (χ0) is 23.1. The van der Waals surface area contributed by atoms with E-state index in [4.69, 9.17) is 10.5 Å². The third-order valence-corrected chi connectivity index (χ3v) is 5.85. The number of carbonyl (C=O) groups excluding carboxylic acids is 1. The molecule has 8 nitrogen and oxygen atoms in total. The fourth-order valence-electron chi connectivity index (χ4n) is 4.15. The van der Waals surface area contributed by atoms with Gasteiger partial charge in [-0.3, -0.25) is 14.5 Å². The van der Waals surface area contributed by atoms with E-state index in [1.807, 2.05) is 5.01 Å². The van der Waals surface area contributed by atoms with Gasteiger partial charge in [-0.15, -0.1) is 0 Å². The van der Waals surface area contributed by atoms with Crippen LogP contribution in [0.25, 0.3) is 21.8 Å². The number of rotatable bonds is 4. The number of hydrogen-bond acceptors (Lipinski definition) is 6. The molecule has 170 valence electrons. The van der Waals surface area contributed by atoms with Gasteiger partial charge in [0.1, 0.15) is 17.5 Å². The van der Waals surface area contributed by atoms with E-state index in [2.05, 4.69) is 10.1 Å². The number of carbonyl (C=O) groups is 1. The average molecular weight is 452 g/mol. The second-order valence-electron chi connectivity index (χ2n) is 7.92. The standard InChI is InChI=1S/C23H22F2N6O2/c1-29-21-17-10-14(3-5-20(17)28-22(26)18(21)12-27-29)23(32)31(30-6-8-33-9-7-30)13-15-2-4-16(24)11-19(15)25/h2-5,10-12H,6-9,13H2,1H3,(H2,26,28). The van der Waals surface area contributed by atoms with Crippen LogP contribution in [0.1, 0.15) is 15.9 Å². The zero-order valence-electron chi connectivity index (χ0n) is 18.0. The first-order valence-corrected chi connectivity index (χ1v) is 10.5. The summed E-state index contributed by atoms with van der Waals surface area (Å²) in [6, 6.07) is 8.53. The molecule has 10 heteroatoms. The topological polar surface area (TPSA) is 89.5 Å². The highest BCUT2D eigenvalue weighted by Crippen LogP contribution is 2.29. The molecule has 0 spiro atoms. The number of aryl methyl sites for hydroxylation is 1. The Labute approximate surface area is 188 Å². The van der Waals surface area contributed by atoms with E-state index in [0.717, 1.165) is 17.0 Å². The smallest absolute Gasteiger partial charge is 0.268 e. The van der Waals surface area contributed by atoms with E-state index in [1.165, 1.54) is 17.1 Å². The quantitative estimate of drug-likeness (QED) is 0.512. The lowest BCUT2D eigenvalue weighted by Crippen LogP contribution is -2.51. The molecule has 0 saturated carbocycles. The maximum absolute atomic E-state index is 14.4. The summed E-state index contributed by atoms with van der Waals surface area (Å²) in [5.74, 6) is -1.31. The number of hydrazine groups is 1. The number of benzene rings is 2. The van der Waals surface area contributed by atoms with Crippen molar-refractivity contribution in [2.75, 3.05) is 32.0 Å². The third-order valence-electron chi connectivity index (χ3n) is 5.85. The molecule has 0 unspecified atom stereocenters. The number of nitrogens with zero attached hydrogens (tertiary/aromatic N) is 5. The molecular formula is C23H22F2N6O2. The summed E-state index contributed by atoms with van der Waals surface area (Å²) in [4.78, 5) is 18.1. The van der Waals surface area contributed by atoms with Gasteiger partial charge in [0.2, 0.25) is 0 Å². The van der Waals surface area contributed by atoms with Gasteiger partial charge < -0.3 is 10.5 Å². The Bertz CT molecular complexity index is 1370. The summed E-state index contributed by atoms with van der Waals surface area (Å²) < 4.78 is 34.9. The predicted molar refractivity (Wildman–Crippen MR) is 119 cm³/mol. The Balaban J connectivity index is 1.57. The van der Waals surface area contributed by atoms with Gasteiger partial charge in [0, 0.05) is 42.7 Å². The number of amides is 1. The van der Waals surface area contributed by atoms with Crippen LogP contribution in [-0.2, 0) is 18.3 Å². The first kappa shape index (κ1) is 21.2. The maximum atomic E-state index is 14.4. The summed E-state index contributed by atoms with van der Waals surface area (Å²) in [5, 5.41) is 9.03. The second kappa shape index (κ2) is 8.38. The van der Waals surface area contributed by atoms with Crippen LogP contribution in [0.15, 0.2) is 42.6 Å². The van der Waals surface area contributed by atoms with E-state index < -0.39 is 11.6 Å². The molecule has 2 aromatic carbocycles. The number of fused-ring (bicyclic) bond motifs is 3. The van der Waals surface area contributed by atoms with Crippen molar-refractivity contribution >= 4 is 33.5 Å². The zero-order valence-corrected chi connectivity index (χ0v) is 18.0. The Morgan fingerprint density at radius 1 is 1.15 bits per heavy atom. The number of pyridine rings is 1. The molecule has 2 N–H and O–H groups in total. The van der Waals surface area contributed by atoms with Crippen molar-refractivity contribution in [3.05, 3.63) is 65.4 Å². The molecule has 3 heterocycles. The molecule has 1 aliphatic rings. The van der Waals surface area contributed by atoms with Gasteiger partial charge in [-0.25, -0.2) is 18.8 Å². The summed E-state index contributed by atoms with van der Waals surface area (Å²) in [6.07, 6.45) is 1.64. The fourth-order valence-corrected chi connectivity index (χ4v) is 4.15. The minimum absolute atomic E-state index is 0.0376. The van der Waals surface area contributed by atoms with Gasteiger partial charge >= 0.3 is 0 Å². The van der Waals surface area contributed by atoms with Gasteiger partial charge in [0.25, 0.3) is 5.91 Å². The van der Waals surface area contributed by atoms with Crippen molar-refractivity contribution in [3.63, 3.8) is 0 Å². The highest BCUT2D eigenvalue weighted by molar-refractivity contribution is 6.10. The summed E-state index contributed by atoms with van der Waals surface area (Å²) in [7, 11) is 1.80. The van der Waals surface area contributed by atoms with Crippen LogP contribution in [0.3, 0.4) is 0 Å². The molecule has 0 aliphatic carbocycles. The molecule has 2 aromatic heterocycles. The Hall–Kier alpha value is -3.63. The van der Waals surface area contributed by atoms with Crippen LogP contribution in [0, 0.1) is 11.6 Å². The molecule has 33 heavy (non-hydrogen) atoms. The Kier molecular flexibility index (Phi) is 5.39. The highest BCUT2D eigenvalue weighted by atomic mass is 19.1. The van der Waals surface area contributed by atoms with E-state index in [1.54, 1.807) is 36.1 Å². The number of nitrogen functional groups attached to an aromatic ring is 1. The molecule has 1 amide bonds. The first-order chi connectivity index (χ1) is 15.9. The normalized spacial score (nSPS) is 14.8. The average Bonchev–Trinajstić information content (AvgIpc) is 3.21. The van der Waals surface area contributed by atoms with Crippen LogP contribution < -0.4 is 5.73 Å². The van der Waals surface area contributed by atoms with Crippen molar-refractivity contribution in [1.29, 1.82) is 0 Å². The molecule has 1 fully saturated rings. The van der Waals surface area contributed by atoms with E-state index in [0.29, 0.717) is 48.6 Å². The summed E-state index contributed by atoms with van der Waals surface area (Å²) in [6.45, 7) is 1.82. The minimum Gasteiger partial charge on any atom is -0.383 e. The number of hydrogen-bond donors (Lipinski definition) is 1. The highest BCUT2D eigenvalue weighted by Gasteiger charge is 2.26. The number of anilines is 1. The lowest BCUT2D eigenvalue weighted by molar-refractivity contribution is -0.0742. The first-order valence-electron chi connectivity index (χ1n) is 10.5. The third kappa shape index (κ3) is 3.87. The van der Waals surface area contributed by atoms with Gasteiger partial charge in [0.15, 0.2) is 0 Å². The number of ether oxygens (including phenoxy) is 1. The SMILES string of the molecule is Cn1ncc2c(N)nc3ccc(C(=O)N(Cc4ccc(F)cc4F)N4CCOCC4)cc3c21. The Morgan fingerprint density at radius 3 is 2.70 bits per heavy atom. The van der Waals surface area contributed by atoms with Crippen LogP contribution in [0.2, 0.25) is 0 Å². The van der Waals surface area contributed by atoms with Gasteiger partial charge in [-0.2, -0.15) is 5.10 Å². The number of aromatic nitrogens is 3. The van der Waals surface area contributed by atoms with Gasteiger partial charge in [-0.05, 0) is 24.3 Å². The lowest BCUT2D eigenvalue weighted by atomic mass is 10.1. The van der Waals surface area contributed by atoms with Crippen LogP contribution in [0.4, 0.5) is 14.6 Å². The predicted octanol–water partition coefficient (Wildman–Crippen LogP) is 2.87. The van der Waals surface area contributed by atoms with Gasteiger partial charge in [0.05, 0.1) is 42.4 Å². The second-order valence-corrected chi connectivity index (χ2v) is 7.92. The lowest BCUT2D eigenvalue weighted by Gasteiger charge is -2.37. The minimum atomic E-state index is -0.698. The largest absolute Gasteiger partial charge is 0.383 e. The number of morpholine rings is 1. The number of nitrogens with two attached hydrogens (primary N) is 1. The van der Waals surface area contributed by atoms with Crippen molar-refractivity contribution < 1.29 is 18.3 Å². The van der Waals surface area contributed by atoms with Crippen molar-refractivity contribution in [2.24, 2.45) is 7.05 Å². The van der Waals surface area contributed by atoms with Crippen LogP contribution in [0.5, 0.6) is 0 Å². The monoisotopic (exact) mass is 452 g/mol. The molecule has 0 atom stereocenters. The maximum Gasteiger partial charge on any atom is 0.268 e. The van der Waals surface area contributed by atoms with E-state index >= 15 is 0 Å². The van der Waals surface area contributed by atoms with Crippen molar-refractivity contribution in [1.82, 2.24) is 24.8 Å². The van der Waals surface area contributed by atoms with Crippen LogP contribution in [-0.4, -0.2) is 57.0 Å².